The van der Waals surface area contributed by atoms with Crippen molar-refractivity contribution < 1.29 is 89.7 Å². The SMILES string of the molecule is CCn1cc(C(=O)O)c(=O)c2cc(F)c(N3CCNCC3)nc21.CN1CCN(c2cc3c(cc2F)c(=O)c(C(=O)O)cn3-c2ccc(F)cc2)CC1.CN1C[C@H]2C[C@@H]1CN2c1cc2c(cc1F)c(=O)c(C(=O)O)cn2C1CC1.Nc1c(F)c(N2CCC(N)C2)c(Cl)c2c1c(=O)c(C(=O)O)cn2C1CC1.Nc1nc(-n2cc(C(=O)O)c(=O)c3cc(F)c(N4CC(O)C4)c(Cl)c32)c(F)cc1F. The summed E-state index contributed by atoms with van der Waals surface area (Å²) < 4.78 is 123. The molecule has 7 aromatic heterocycles. The maximum atomic E-state index is 15.0. The number of fused-ring (bicyclic) bond motifs is 7. The molecule has 1 unspecified atom stereocenters. The van der Waals surface area contributed by atoms with Gasteiger partial charge in [0.05, 0.1) is 82.8 Å². The second kappa shape index (κ2) is 37.0. The number of benzene rings is 5. The van der Waals surface area contributed by atoms with Gasteiger partial charge in [-0.05, 0) is 120 Å². The second-order valence-electron chi connectivity index (χ2n) is 33.9. The van der Waals surface area contributed by atoms with Crippen molar-refractivity contribution in [2.24, 2.45) is 5.73 Å². The first-order chi connectivity index (χ1) is 63.7. The first-order valence-corrected chi connectivity index (χ1v) is 43.3. The number of carboxylic acids is 5. The first-order valence-electron chi connectivity index (χ1n) is 42.5. The number of β-amino-alcohol motifs (C(OH)–C–C–N with tert-alkyl or cyclic N) is 1. The van der Waals surface area contributed by atoms with Gasteiger partial charge in [-0.3, -0.25) is 33.4 Å². The Labute approximate surface area is 762 Å². The molecule has 8 fully saturated rings. The smallest absolute Gasteiger partial charge is 0.341 e. The van der Waals surface area contributed by atoms with E-state index in [2.05, 4.69) is 37.0 Å². The molecule has 2 bridgehead atoms. The zero-order chi connectivity index (χ0) is 96.1. The third kappa shape index (κ3) is 17.7. The molecule has 2 saturated carbocycles. The molecule has 702 valence electrons. The summed E-state index contributed by atoms with van der Waals surface area (Å²) in [5, 5.41) is 58.4. The van der Waals surface area contributed by atoms with Crippen molar-refractivity contribution >= 4 is 148 Å². The molecule has 5 aromatic carbocycles. The molecule has 12 aromatic rings. The summed E-state index contributed by atoms with van der Waals surface area (Å²) in [6.07, 6.45) is 10.5. The molecule has 13 heterocycles. The van der Waals surface area contributed by atoms with E-state index < -0.39 is 143 Å². The summed E-state index contributed by atoms with van der Waals surface area (Å²) >= 11 is 12.9. The van der Waals surface area contributed by atoms with Crippen LogP contribution in [-0.2, 0) is 6.54 Å². The van der Waals surface area contributed by atoms with Crippen LogP contribution in [0.2, 0.25) is 10.0 Å². The predicted molar refractivity (Wildman–Crippen MR) is 485 cm³/mol. The standard InChI is InChI=1S/C21H19F2N3O3.C19H20FN3O3.C18H12ClF3N4O4.C17H18ClFN4O3.C15H17FN4O3/c1-24-6-8-25(9-7-24)19-11-18-15(10-17(19)23)20(27)16(21(28)29)12-26(18)14-4-2-13(22)3-5-14;1-21-7-12-4-11(21)8-22(12)17-6-16-13(5-15(17)20)18(24)14(19(25)26)9-23(16)10-2-3-10;19-12-13-7(1-9(20)14(12)25-3-6(27)4-25)15(28)8(18(29)30)5-26(13)17-11(22)2-10(21)16(23)24-17;18-11-14-10(13(21)12(19)15(11)22-4-3-7(20)5-22)16(24)9(17(25)26)6-23(14)8-1-2-8;1-2-19-8-10(15(22)23)12(21)9-7-11(16)14(18-13(9)19)20-5-3-17-4-6-20/h2-5,10-12H,6-9H2,1H3,(H,28,29);5-6,9-12H,2-4,7-8H2,1H3,(H,25,26);1-2,5-6,27H,3-4H2,(H2,23,24)(H,29,30);6-8H,1-5,20-21H2,(H,25,26);7-8,17H,2-6H2,1H3,(H,22,23)/t;11-,12-;;;/m.1.../s1. The maximum Gasteiger partial charge on any atom is 0.341 e. The molecule has 6 aliphatic heterocycles. The number of piperazine rings is 3. The molecule has 0 spiro atoms. The quantitative estimate of drug-likeness (QED) is 0.0337. The maximum absolute atomic E-state index is 15.0. The molecule has 3 atom stereocenters. The number of likely N-dealkylation sites (N-methyl/N-ethyl adjacent to an activating group) is 2. The fourth-order valence-corrected chi connectivity index (χ4v) is 18.6. The highest BCUT2D eigenvalue weighted by Crippen LogP contribution is 2.47. The van der Waals surface area contributed by atoms with Crippen molar-refractivity contribution in [3.63, 3.8) is 0 Å². The van der Waals surface area contributed by atoms with Gasteiger partial charge in [0.15, 0.2) is 40.7 Å². The number of nitrogen functional groups attached to an aromatic ring is 2. The van der Waals surface area contributed by atoms with Crippen molar-refractivity contribution in [1.82, 2.24) is 47.9 Å². The van der Waals surface area contributed by atoms with E-state index in [0.29, 0.717) is 104 Å². The Bertz CT molecular complexity index is 7220. The number of aryl methyl sites for hydroxylation is 1. The molecule has 6 saturated heterocycles. The lowest BCUT2D eigenvalue weighted by Crippen LogP contribution is -2.51. The van der Waals surface area contributed by atoms with Crippen LogP contribution in [0, 0.1) is 46.5 Å². The lowest BCUT2D eigenvalue weighted by atomic mass is 10.1. The number of aliphatic hydroxyl groups excluding tert-OH is 1. The van der Waals surface area contributed by atoms with Gasteiger partial charge in [0.1, 0.15) is 56.7 Å². The summed E-state index contributed by atoms with van der Waals surface area (Å²) in [6, 6.07) is 14.2. The minimum Gasteiger partial charge on any atom is -0.477 e. The number of halogens is 10. The van der Waals surface area contributed by atoms with Crippen molar-refractivity contribution in [3.05, 3.63) is 233 Å². The Hall–Kier alpha value is -13.8. The number of aromatic nitrogens is 7. The molecular formula is C90H86Cl2F8N18O16. The number of nitrogens with two attached hydrogens (primary N) is 3. The number of rotatable bonds is 15. The number of pyridine rings is 7. The average Bonchev–Trinajstić information content (AvgIpc) is 1.71. The van der Waals surface area contributed by atoms with Crippen molar-refractivity contribution in [3.8, 4) is 11.5 Å². The number of aromatic carboxylic acids is 5. The predicted octanol–water partition coefficient (Wildman–Crippen LogP) is 9.31. The Balaban J connectivity index is 0.000000122. The van der Waals surface area contributed by atoms with Gasteiger partial charge in [-0.1, -0.05) is 23.2 Å². The number of likely N-dealkylation sites (tertiary alicyclic amines) is 1. The highest BCUT2D eigenvalue weighted by atomic mass is 35.5. The Morgan fingerprint density at radius 1 is 0.478 bits per heavy atom. The van der Waals surface area contributed by atoms with Gasteiger partial charge < -0.3 is 101 Å². The molecule has 0 radical (unpaired) electrons. The molecular weight excluding hydrogens is 1810 g/mol. The molecule has 0 amide bonds. The van der Waals surface area contributed by atoms with Crippen LogP contribution in [0.1, 0.15) is 109 Å². The summed E-state index contributed by atoms with van der Waals surface area (Å²) in [7, 11) is 4.09. The largest absolute Gasteiger partial charge is 0.477 e. The molecule has 8 aliphatic rings. The fraction of sp³-hybridized carbons (Fsp3) is 0.333. The van der Waals surface area contributed by atoms with Crippen LogP contribution in [0.3, 0.4) is 0 Å². The molecule has 134 heavy (non-hydrogen) atoms. The number of carboxylic acid groups (broad SMARTS) is 5. The average molecular weight is 1900 g/mol. The van der Waals surface area contributed by atoms with Gasteiger partial charge in [0.25, 0.3) is 0 Å². The summed E-state index contributed by atoms with van der Waals surface area (Å²) in [5.74, 6) is -14.3. The van der Waals surface area contributed by atoms with Gasteiger partial charge in [-0.25, -0.2) is 69.1 Å². The zero-order valence-corrected chi connectivity index (χ0v) is 73.1. The van der Waals surface area contributed by atoms with E-state index in [-0.39, 0.29) is 108 Å². The van der Waals surface area contributed by atoms with E-state index in [9.17, 15) is 104 Å². The highest BCUT2D eigenvalue weighted by molar-refractivity contribution is 6.39. The lowest BCUT2D eigenvalue weighted by Gasteiger charge is -2.38. The van der Waals surface area contributed by atoms with Crippen LogP contribution in [0.25, 0.3) is 66.2 Å². The van der Waals surface area contributed by atoms with E-state index in [1.54, 1.807) is 26.2 Å². The van der Waals surface area contributed by atoms with Crippen LogP contribution < -0.4 is 74.2 Å². The number of nitrogens with zero attached hydrogens (tertiary/aromatic N) is 14. The number of carbonyl (C=O) groups is 5. The van der Waals surface area contributed by atoms with Gasteiger partial charge in [-0.15, -0.1) is 0 Å². The normalized spacial score (nSPS) is 17.9. The second-order valence-corrected chi connectivity index (χ2v) is 34.6. The van der Waals surface area contributed by atoms with E-state index in [0.717, 1.165) is 100 Å². The van der Waals surface area contributed by atoms with Crippen molar-refractivity contribution in [2.75, 3.05) is 142 Å². The van der Waals surface area contributed by atoms with Crippen molar-refractivity contribution in [1.29, 1.82) is 0 Å². The Morgan fingerprint density at radius 3 is 1.57 bits per heavy atom. The van der Waals surface area contributed by atoms with Crippen LogP contribution in [-0.4, -0.2) is 233 Å². The third-order valence-electron chi connectivity index (χ3n) is 25.1. The van der Waals surface area contributed by atoms with E-state index >= 15 is 4.39 Å². The van der Waals surface area contributed by atoms with Crippen LogP contribution in [0.5, 0.6) is 0 Å². The minimum atomic E-state index is -1.65. The van der Waals surface area contributed by atoms with E-state index in [4.69, 9.17) is 45.5 Å². The van der Waals surface area contributed by atoms with Gasteiger partial charge >= 0.3 is 29.8 Å². The highest BCUT2D eigenvalue weighted by Gasteiger charge is 2.44. The number of anilines is 7. The summed E-state index contributed by atoms with van der Waals surface area (Å²) in [5.41, 5.74) is 13.2. The van der Waals surface area contributed by atoms with Crippen LogP contribution >= 0.6 is 23.2 Å². The summed E-state index contributed by atoms with van der Waals surface area (Å²) in [6.45, 7) is 10.6. The summed E-state index contributed by atoms with van der Waals surface area (Å²) in [4.78, 5) is 141. The van der Waals surface area contributed by atoms with Crippen LogP contribution in [0.15, 0.2) is 122 Å². The van der Waals surface area contributed by atoms with E-state index in [1.165, 1.54) is 64.6 Å². The van der Waals surface area contributed by atoms with Gasteiger partial charge in [-0.2, -0.15) is 0 Å². The first kappa shape index (κ1) is 93.5. The monoisotopic (exact) mass is 1900 g/mol. The number of aliphatic hydroxyl groups is 1. The zero-order valence-electron chi connectivity index (χ0n) is 71.6. The Kier molecular flexibility index (Phi) is 25.8. The third-order valence-corrected chi connectivity index (χ3v) is 25.8. The lowest BCUT2D eigenvalue weighted by molar-refractivity contribution is 0.0684. The Morgan fingerprint density at radius 2 is 1.00 bits per heavy atom. The van der Waals surface area contributed by atoms with E-state index in [1.807, 2.05) is 28.3 Å². The fourth-order valence-electron chi connectivity index (χ4n) is 17.8. The number of nitrogens with one attached hydrogen (secondary N) is 1. The molecule has 34 nitrogen and oxygen atoms in total. The molecule has 20 rings (SSSR count). The van der Waals surface area contributed by atoms with Gasteiger partial charge in [0, 0.05) is 182 Å². The van der Waals surface area contributed by atoms with Crippen LogP contribution in [0.4, 0.5) is 75.2 Å². The van der Waals surface area contributed by atoms with Gasteiger partial charge in [0.2, 0.25) is 27.1 Å². The number of hydrogen-bond acceptors (Lipinski definition) is 24. The molecule has 13 N–H and O–H groups in total. The number of hydrogen-bond donors (Lipinski definition) is 10. The molecule has 44 heteroatoms. The molecule has 2 aliphatic carbocycles. The van der Waals surface area contributed by atoms with Crippen molar-refractivity contribution in [2.45, 2.75) is 88.3 Å². The topological polar surface area (TPSA) is 455 Å². The minimum absolute atomic E-state index is 0.0110.